The molecule has 168 valence electrons. The molecule has 0 radical (unpaired) electrons. The molecule has 0 aromatic heterocycles. The highest BCUT2D eigenvalue weighted by Gasteiger charge is 2.31. The molecule has 7 heteroatoms. The summed E-state index contributed by atoms with van der Waals surface area (Å²) in [6.45, 7) is 15.5. The fraction of sp³-hybridized carbons (Fsp3) is 0.696. The topological polar surface area (TPSA) is 57.3 Å². The monoisotopic (exact) mass is 418 g/mol. The summed E-state index contributed by atoms with van der Waals surface area (Å²) in [6, 6.07) is 6.95. The quantitative estimate of drug-likeness (QED) is 0.794. The SMILES string of the molecule is CNCc1cc(N2CCOCC2)ccc1CN1CCN(C(=O)OC(C)(C)C)C(C)C1. The molecule has 2 fully saturated rings. The van der Waals surface area contributed by atoms with E-state index < -0.39 is 5.60 Å². The second kappa shape index (κ2) is 9.98. The van der Waals surface area contributed by atoms with Crippen molar-refractivity contribution in [2.45, 2.75) is 52.4 Å². The highest BCUT2D eigenvalue weighted by atomic mass is 16.6. The van der Waals surface area contributed by atoms with Crippen LogP contribution in [0.4, 0.5) is 10.5 Å². The lowest BCUT2D eigenvalue weighted by Crippen LogP contribution is -2.54. The van der Waals surface area contributed by atoms with Gasteiger partial charge in [0.2, 0.25) is 0 Å². The summed E-state index contributed by atoms with van der Waals surface area (Å²) in [4.78, 5) is 19.2. The molecule has 0 saturated carbocycles. The number of ether oxygens (including phenoxy) is 2. The fourth-order valence-electron chi connectivity index (χ4n) is 4.15. The number of amides is 1. The zero-order valence-corrected chi connectivity index (χ0v) is 19.2. The lowest BCUT2D eigenvalue weighted by molar-refractivity contribution is 0.000528. The van der Waals surface area contributed by atoms with E-state index >= 15 is 0 Å². The molecule has 1 N–H and O–H groups in total. The standard InChI is InChI=1S/C23H38N4O3/c1-18-16-25(8-9-27(18)22(28)30-23(2,3)4)17-19-6-7-21(14-20(19)15-24-5)26-10-12-29-13-11-26/h6-7,14,18,24H,8-13,15-17H2,1-5H3. The van der Waals surface area contributed by atoms with Gasteiger partial charge in [0.1, 0.15) is 5.60 Å². The van der Waals surface area contributed by atoms with Crippen LogP contribution in [0, 0.1) is 0 Å². The maximum atomic E-state index is 12.5. The summed E-state index contributed by atoms with van der Waals surface area (Å²) in [6.07, 6.45) is -0.208. The minimum Gasteiger partial charge on any atom is -0.444 e. The van der Waals surface area contributed by atoms with E-state index in [1.165, 1.54) is 16.8 Å². The first kappa shape index (κ1) is 22.8. The molecular formula is C23H38N4O3. The Balaban J connectivity index is 1.64. The predicted molar refractivity (Wildman–Crippen MR) is 120 cm³/mol. The fourth-order valence-corrected chi connectivity index (χ4v) is 4.15. The van der Waals surface area contributed by atoms with Crippen LogP contribution in [0.2, 0.25) is 0 Å². The van der Waals surface area contributed by atoms with Crippen LogP contribution < -0.4 is 10.2 Å². The van der Waals surface area contributed by atoms with E-state index in [1.807, 2.05) is 32.7 Å². The van der Waals surface area contributed by atoms with Crippen molar-refractivity contribution >= 4 is 11.8 Å². The van der Waals surface area contributed by atoms with Crippen molar-refractivity contribution in [2.24, 2.45) is 0 Å². The third-order valence-electron chi connectivity index (χ3n) is 5.67. The number of hydrogen-bond donors (Lipinski definition) is 1. The van der Waals surface area contributed by atoms with Gasteiger partial charge in [0.05, 0.1) is 13.2 Å². The molecule has 1 aromatic carbocycles. The summed E-state index contributed by atoms with van der Waals surface area (Å²) in [5, 5.41) is 3.31. The van der Waals surface area contributed by atoms with Gasteiger partial charge in [-0.1, -0.05) is 6.07 Å². The van der Waals surface area contributed by atoms with Gasteiger partial charge >= 0.3 is 6.09 Å². The van der Waals surface area contributed by atoms with Crippen molar-refractivity contribution in [2.75, 3.05) is 57.9 Å². The Labute approximate surface area is 181 Å². The third-order valence-corrected chi connectivity index (χ3v) is 5.67. The third kappa shape index (κ3) is 6.09. The number of benzene rings is 1. The summed E-state index contributed by atoms with van der Waals surface area (Å²) < 4.78 is 11.1. The summed E-state index contributed by atoms with van der Waals surface area (Å²) in [7, 11) is 1.99. The lowest BCUT2D eigenvalue weighted by atomic mass is 10.0. The number of morpholine rings is 1. The first-order valence-electron chi connectivity index (χ1n) is 11.1. The van der Waals surface area contributed by atoms with Crippen molar-refractivity contribution in [1.82, 2.24) is 15.1 Å². The second-order valence-corrected chi connectivity index (χ2v) is 9.34. The van der Waals surface area contributed by atoms with Gasteiger partial charge in [0.15, 0.2) is 0 Å². The van der Waals surface area contributed by atoms with Gasteiger partial charge in [-0.2, -0.15) is 0 Å². The number of anilines is 1. The molecule has 0 bridgehead atoms. The van der Waals surface area contributed by atoms with Gasteiger partial charge in [-0.25, -0.2) is 4.79 Å². The zero-order chi connectivity index (χ0) is 21.7. The molecular weight excluding hydrogens is 380 g/mol. The highest BCUT2D eigenvalue weighted by molar-refractivity contribution is 5.68. The Morgan fingerprint density at radius 3 is 2.53 bits per heavy atom. The largest absolute Gasteiger partial charge is 0.444 e. The molecule has 1 atom stereocenters. The van der Waals surface area contributed by atoms with Gasteiger partial charge in [0, 0.05) is 57.5 Å². The smallest absolute Gasteiger partial charge is 0.410 e. The van der Waals surface area contributed by atoms with E-state index in [-0.39, 0.29) is 12.1 Å². The van der Waals surface area contributed by atoms with E-state index in [1.54, 1.807) is 0 Å². The molecule has 0 aliphatic carbocycles. The van der Waals surface area contributed by atoms with Crippen LogP contribution in [0.15, 0.2) is 18.2 Å². The van der Waals surface area contributed by atoms with Gasteiger partial charge in [-0.15, -0.1) is 0 Å². The van der Waals surface area contributed by atoms with E-state index in [4.69, 9.17) is 9.47 Å². The molecule has 1 unspecified atom stereocenters. The average molecular weight is 419 g/mol. The number of piperazine rings is 1. The Morgan fingerprint density at radius 2 is 1.90 bits per heavy atom. The summed E-state index contributed by atoms with van der Waals surface area (Å²) in [5.41, 5.74) is 3.50. The molecule has 2 aliphatic heterocycles. The first-order chi connectivity index (χ1) is 14.3. The Hall–Kier alpha value is -1.83. The maximum Gasteiger partial charge on any atom is 0.410 e. The molecule has 7 nitrogen and oxygen atoms in total. The van der Waals surface area contributed by atoms with Gasteiger partial charge in [0.25, 0.3) is 0 Å². The average Bonchev–Trinajstić information content (AvgIpc) is 2.69. The van der Waals surface area contributed by atoms with Crippen LogP contribution in [0.5, 0.6) is 0 Å². The van der Waals surface area contributed by atoms with Crippen LogP contribution in [-0.4, -0.2) is 80.5 Å². The van der Waals surface area contributed by atoms with E-state index in [9.17, 15) is 4.79 Å². The van der Waals surface area contributed by atoms with E-state index in [2.05, 4.69) is 40.2 Å². The number of carbonyl (C=O) groups excluding carboxylic acids is 1. The lowest BCUT2D eigenvalue weighted by Gasteiger charge is -2.40. The van der Waals surface area contributed by atoms with Gasteiger partial charge < -0.3 is 24.6 Å². The summed E-state index contributed by atoms with van der Waals surface area (Å²) in [5.74, 6) is 0. The Morgan fingerprint density at radius 1 is 1.17 bits per heavy atom. The highest BCUT2D eigenvalue weighted by Crippen LogP contribution is 2.23. The van der Waals surface area contributed by atoms with Crippen LogP contribution in [0.1, 0.15) is 38.8 Å². The van der Waals surface area contributed by atoms with Crippen LogP contribution in [0.25, 0.3) is 0 Å². The zero-order valence-electron chi connectivity index (χ0n) is 19.2. The molecule has 1 amide bonds. The van der Waals surface area contributed by atoms with Crippen LogP contribution >= 0.6 is 0 Å². The van der Waals surface area contributed by atoms with Crippen molar-refractivity contribution < 1.29 is 14.3 Å². The van der Waals surface area contributed by atoms with E-state index in [0.717, 1.165) is 52.5 Å². The van der Waals surface area contributed by atoms with Gasteiger partial charge in [-0.3, -0.25) is 4.90 Å². The van der Waals surface area contributed by atoms with Crippen molar-refractivity contribution in [1.29, 1.82) is 0 Å². The van der Waals surface area contributed by atoms with Crippen molar-refractivity contribution in [3.05, 3.63) is 29.3 Å². The number of carbonyl (C=O) groups is 1. The molecule has 1 aromatic rings. The molecule has 30 heavy (non-hydrogen) atoms. The Bertz CT molecular complexity index is 713. The molecule has 0 spiro atoms. The normalized spacial score (nSPS) is 21.0. The first-order valence-corrected chi connectivity index (χ1v) is 11.1. The predicted octanol–water partition coefficient (Wildman–Crippen LogP) is 2.68. The van der Waals surface area contributed by atoms with Crippen LogP contribution in [0.3, 0.4) is 0 Å². The maximum absolute atomic E-state index is 12.5. The van der Waals surface area contributed by atoms with E-state index in [0.29, 0.717) is 6.54 Å². The minimum atomic E-state index is -0.460. The number of hydrogen-bond acceptors (Lipinski definition) is 6. The van der Waals surface area contributed by atoms with Gasteiger partial charge in [-0.05, 0) is 58.0 Å². The Kier molecular flexibility index (Phi) is 7.60. The van der Waals surface area contributed by atoms with Crippen molar-refractivity contribution in [3.63, 3.8) is 0 Å². The molecule has 3 rings (SSSR count). The second-order valence-electron chi connectivity index (χ2n) is 9.34. The molecule has 2 heterocycles. The number of nitrogens with one attached hydrogen (secondary N) is 1. The number of rotatable bonds is 5. The minimum absolute atomic E-state index is 0.133. The number of nitrogens with zero attached hydrogens (tertiary/aromatic N) is 3. The molecule has 2 aliphatic rings. The van der Waals surface area contributed by atoms with Crippen LogP contribution in [-0.2, 0) is 22.6 Å². The molecule has 2 saturated heterocycles. The summed E-state index contributed by atoms with van der Waals surface area (Å²) >= 11 is 0. The van der Waals surface area contributed by atoms with Crippen molar-refractivity contribution in [3.8, 4) is 0 Å².